The van der Waals surface area contributed by atoms with Gasteiger partial charge in [0.2, 0.25) is 11.8 Å². The molecule has 1 N–H and O–H groups in total. The molecule has 6 nitrogen and oxygen atoms in total. The molecule has 2 atom stereocenters. The molecule has 3 aromatic rings. The van der Waals surface area contributed by atoms with Crippen molar-refractivity contribution in [1.29, 1.82) is 0 Å². The fraction of sp³-hybridized carbons (Fsp3) is 0.259. The summed E-state index contributed by atoms with van der Waals surface area (Å²) in [6.07, 6.45) is 0.760. The number of rotatable bonds is 7. The standard InChI is InChI=1S/C27H28N2O4/c1-32-21-14-12-20(13-15-21)29-25(30)17-16-23(26(29)22-10-6-7-11-24(22)33-2)27(31)28-18-19-8-4-3-5-9-19/h3-15,23,26H,16-18H2,1-2H3,(H,28,31)/t23-,26-/m0/s1. The van der Waals surface area contributed by atoms with Crippen molar-refractivity contribution in [2.24, 2.45) is 5.92 Å². The van der Waals surface area contributed by atoms with Crippen LogP contribution in [0.3, 0.4) is 0 Å². The molecule has 0 radical (unpaired) electrons. The lowest BCUT2D eigenvalue weighted by Crippen LogP contribution is -2.48. The monoisotopic (exact) mass is 444 g/mol. The first-order valence-corrected chi connectivity index (χ1v) is 11.0. The quantitative estimate of drug-likeness (QED) is 0.583. The number of amides is 2. The molecule has 2 amide bonds. The highest BCUT2D eigenvalue weighted by Gasteiger charge is 2.42. The number of piperidine rings is 1. The second-order valence-corrected chi connectivity index (χ2v) is 8.00. The second-order valence-electron chi connectivity index (χ2n) is 8.00. The number of nitrogens with zero attached hydrogens (tertiary/aromatic N) is 1. The van der Waals surface area contributed by atoms with Gasteiger partial charge in [-0.1, -0.05) is 48.5 Å². The Morgan fingerprint density at radius 3 is 2.33 bits per heavy atom. The molecule has 170 valence electrons. The van der Waals surface area contributed by atoms with E-state index in [4.69, 9.17) is 9.47 Å². The van der Waals surface area contributed by atoms with Gasteiger partial charge in [0, 0.05) is 24.2 Å². The average molecular weight is 445 g/mol. The van der Waals surface area contributed by atoms with Gasteiger partial charge in [-0.25, -0.2) is 0 Å². The molecule has 1 fully saturated rings. The molecule has 1 aliphatic heterocycles. The minimum Gasteiger partial charge on any atom is -0.497 e. The molecular formula is C27H28N2O4. The Bertz CT molecular complexity index is 1100. The molecule has 0 spiro atoms. The van der Waals surface area contributed by atoms with Crippen LogP contribution in [-0.2, 0) is 16.1 Å². The van der Waals surface area contributed by atoms with Gasteiger partial charge >= 0.3 is 0 Å². The lowest BCUT2D eigenvalue weighted by molar-refractivity contribution is -0.129. The van der Waals surface area contributed by atoms with Crippen molar-refractivity contribution in [3.63, 3.8) is 0 Å². The molecule has 4 rings (SSSR count). The fourth-order valence-corrected chi connectivity index (χ4v) is 4.40. The predicted molar refractivity (Wildman–Crippen MR) is 127 cm³/mol. The highest BCUT2D eigenvalue weighted by molar-refractivity contribution is 5.97. The van der Waals surface area contributed by atoms with Crippen molar-refractivity contribution in [2.75, 3.05) is 19.1 Å². The number of anilines is 1. The van der Waals surface area contributed by atoms with Gasteiger partial charge in [-0.3, -0.25) is 9.59 Å². The zero-order valence-electron chi connectivity index (χ0n) is 18.9. The maximum atomic E-state index is 13.4. The maximum Gasteiger partial charge on any atom is 0.227 e. The van der Waals surface area contributed by atoms with Crippen molar-refractivity contribution in [3.05, 3.63) is 90.0 Å². The Morgan fingerprint density at radius 1 is 0.939 bits per heavy atom. The summed E-state index contributed by atoms with van der Waals surface area (Å²) >= 11 is 0. The number of ether oxygens (including phenoxy) is 2. The summed E-state index contributed by atoms with van der Waals surface area (Å²) in [5.74, 6) is 0.819. The topological polar surface area (TPSA) is 67.9 Å². The van der Waals surface area contributed by atoms with Crippen LogP contribution in [0.5, 0.6) is 11.5 Å². The van der Waals surface area contributed by atoms with Crippen molar-refractivity contribution in [1.82, 2.24) is 5.32 Å². The zero-order chi connectivity index (χ0) is 23.2. The predicted octanol–water partition coefficient (Wildman–Crippen LogP) is 4.50. The van der Waals surface area contributed by atoms with Crippen molar-refractivity contribution < 1.29 is 19.1 Å². The molecule has 1 heterocycles. The van der Waals surface area contributed by atoms with Gasteiger partial charge in [-0.2, -0.15) is 0 Å². The molecule has 0 aliphatic carbocycles. The van der Waals surface area contributed by atoms with Gasteiger partial charge in [0.1, 0.15) is 11.5 Å². The first-order chi connectivity index (χ1) is 16.1. The van der Waals surface area contributed by atoms with Crippen molar-refractivity contribution in [2.45, 2.75) is 25.4 Å². The number of para-hydroxylation sites is 1. The lowest BCUT2D eigenvalue weighted by Gasteiger charge is -2.41. The normalized spacial score (nSPS) is 18.0. The average Bonchev–Trinajstić information content (AvgIpc) is 2.87. The highest BCUT2D eigenvalue weighted by atomic mass is 16.5. The highest BCUT2D eigenvalue weighted by Crippen LogP contribution is 2.43. The van der Waals surface area contributed by atoms with E-state index in [0.29, 0.717) is 30.9 Å². The van der Waals surface area contributed by atoms with Crippen LogP contribution in [0.25, 0.3) is 0 Å². The third-order valence-electron chi connectivity index (χ3n) is 6.05. The van der Waals surface area contributed by atoms with E-state index < -0.39 is 12.0 Å². The Hall–Kier alpha value is -3.80. The van der Waals surface area contributed by atoms with Gasteiger partial charge in [0.15, 0.2) is 0 Å². The van der Waals surface area contributed by atoms with Gasteiger partial charge in [0.25, 0.3) is 0 Å². The Morgan fingerprint density at radius 2 is 1.64 bits per heavy atom. The summed E-state index contributed by atoms with van der Waals surface area (Å²) in [5, 5.41) is 3.07. The summed E-state index contributed by atoms with van der Waals surface area (Å²) in [5.41, 5.74) is 2.56. The minimum atomic E-state index is -0.494. The molecule has 33 heavy (non-hydrogen) atoms. The Labute approximate surface area is 194 Å². The summed E-state index contributed by atoms with van der Waals surface area (Å²) in [4.78, 5) is 28.4. The number of methoxy groups -OCH3 is 2. The van der Waals surface area contributed by atoms with Crippen LogP contribution in [0.2, 0.25) is 0 Å². The van der Waals surface area contributed by atoms with E-state index in [0.717, 1.165) is 16.8 Å². The molecule has 0 unspecified atom stereocenters. The molecule has 0 saturated carbocycles. The first-order valence-electron chi connectivity index (χ1n) is 11.0. The van der Waals surface area contributed by atoms with Gasteiger partial charge in [-0.05, 0) is 42.3 Å². The van der Waals surface area contributed by atoms with Crippen molar-refractivity contribution >= 4 is 17.5 Å². The van der Waals surface area contributed by atoms with Gasteiger partial charge in [-0.15, -0.1) is 0 Å². The summed E-state index contributed by atoms with van der Waals surface area (Å²) in [6.45, 7) is 0.436. The van der Waals surface area contributed by atoms with E-state index >= 15 is 0 Å². The zero-order valence-corrected chi connectivity index (χ0v) is 18.9. The fourth-order valence-electron chi connectivity index (χ4n) is 4.40. The SMILES string of the molecule is COc1ccc(N2C(=O)CC[C@H](C(=O)NCc3ccccc3)[C@@H]2c2ccccc2OC)cc1. The van der Waals surface area contributed by atoms with Gasteiger partial charge in [0.05, 0.1) is 26.2 Å². The maximum absolute atomic E-state index is 13.4. The van der Waals surface area contributed by atoms with Crippen LogP contribution < -0.4 is 19.7 Å². The molecule has 6 heteroatoms. The molecule has 3 aromatic carbocycles. The third kappa shape index (κ3) is 4.85. The molecule has 0 bridgehead atoms. The third-order valence-corrected chi connectivity index (χ3v) is 6.05. The number of hydrogen-bond donors (Lipinski definition) is 1. The van der Waals surface area contributed by atoms with Crippen LogP contribution >= 0.6 is 0 Å². The van der Waals surface area contributed by atoms with E-state index in [-0.39, 0.29) is 11.8 Å². The van der Waals surface area contributed by atoms with Crippen LogP contribution in [-0.4, -0.2) is 26.0 Å². The molecule has 0 aromatic heterocycles. The second kappa shape index (κ2) is 10.2. The summed E-state index contributed by atoms with van der Waals surface area (Å²) < 4.78 is 10.9. The Kier molecular flexibility index (Phi) is 6.93. The smallest absolute Gasteiger partial charge is 0.227 e. The molecule has 1 saturated heterocycles. The number of carbonyl (C=O) groups is 2. The largest absolute Gasteiger partial charge is 0.497 e. The van der Waals surface area contributed by atoms with E-state index in [1.54, 1.807) is 19.1 Å². The summed E-state index contributed by atoms with van der Waals surface area (Å²) in [7, 11) is 3.21. The van der Waals surface area contributed by atoms with Crippen LogP contribution in [0.1, 0.15) is 30.0 Å². The number of nitrogens with one attached hydrogen (secondary N) is 1. The van der Waals surface area contributed by atoms with Gasteiger partial charge < -0.3 is 19.7 Å². The van der Waals surface area contributed by atoms with E-state index in [1.165, 1.54) is 0 Å². The number of benzene rings is 3. The van der Waals surface area contributed by atoms with Crippen molar-refractivity contribution in [3.8, 4) is 11.5 Å². The van der Waals surface area contributed by atoms with Crippen LogP contribution in [0.4, 0.5) is 5.69 Å². The van der Waals surface area contributed by atoms with E-state index in [1.807, 2.05) is 78.9 Å². The van der Waals surface area contributed by atoms with Crippen LogP contribution in [0, 0.1) is 5.92 Å². The molecular weight excluding hydrogens is 416 g/mol. The van der Waals surface area contributed by atoms with E-state index in [9.17, 15) is 9.59 Å². The summed E-state index contributed by atoms with van der Waals surface area (Å²) in [6, 6.07) is 24.2. The number of carbonyl (C=O) groups excluding carboxylic acids is 2. The van der Waals surface area contributed by atoms with Crippen LogP contribution in [0.15, 0.2) is 78.9 Å². The molecule has 1 aliphatic rings. The Balaban J connectivity index is 1.71. The first kappa shape index (κ1) is 22.4. The van der Waals surface area contributed by atoms with E-state index in [2.05, 4.69) is 5.32 Å². The lowest BCUT2D eigenvalue weighted by atomic mass is 9.82. The minimum absolute atomic E-state index is 0.0248. The number of hydrogen-bond acceptors (Lipinski definition) is 4.